The van der Waals surface area contributed by atoms with E-state index in [4.69, 9.17) is 35.3 Å². The number of hydrogen-bond acceptors (Lipinski definition) is 8. The molecule has 1 unspecified atom stereocenters. The van der Waals surface area contributed by atoms with Crippen molar-refractivity contribution >= 4 is 29.1 Å². The largest absolute Gasteiger partial charge is 0.507 e. The average molecular weight is 554 g/mol. The van der Waals surface area contributed by atoms with Crippen LogP contribution in [-0.2, 0) is 9.59 Å². The number of ketones is 1. The molecule has 10 heteroatoms. The van der Waals surface area contributed by atoms with Gasteiger partial charge >= 0.3 is 0 Å². The molecular weight excluding hydrogens is 526 g/mol. The number of aliphatic hydroxyl groups is 1. The first-order valence-electron chi connectivity index (χ1n) is 11.9. The fraction of sp³-hybridized carbons (Fsp3) is 0.241. The van der Waals surface area contributed by atoms with Crippen LogP contribution in [0, 0.1) is 0 Å². The molecule has 0 aliphatic carbocycles. The second kappa shape index (κ2) is 12.0. The number of Topliss-reactive ketones (excluding diaryl/α,β-unsaturated/α-hetero) is 1. The summed E-state index contributed by atoms with van der Waals surface area (Å²) in [7, 11) is 5.97. The summed E-state index contributed by atoms with van der Waals surface area (Å²) < 4.78 is 26.9. The highest BCUT2D eigenvalue weighted by molar-refractivity contribution is 6.46. The Bertz CT molecular complexity index is 1390. The predicted molar refractivity (Wildman–Crippen MR) is 145 cm³/mol. The van der Waals surface area contributed by atoms with Gasteiger partial charge < -0.3 is 33.7 Å². The minimum Gasteiger partial charge on any atom is -0.507 e. The number of amides is 1. The summed E-state index contributed by atoms with van der Waals surface area (Å²) in [5.41, 5.74) is 0.642. The van der Waals surface area contributed by atoms with Crippen molar-refractivity contribution < 1.29 is 38.4 Å². The quantitative estimate of drug-likeness (QED) is 0.215. The Labute approximate surface area is 231 Å². The van der Waals surface area contributed by atoms with E-state index in [0.29, 0.717) is 28.6 Å². The maximum atomic E-state index is 13.4. The van der Waals surface area contributed by atoms with E-state index in [9.17, 15) is 14.7 Å². The molecule has 1 fully saturated rings. The summed E-state index contributed by atoms with van der Waals surface area (Å²) in [5.74, 6) is 0.369. The smallest absolute Gasteiger partial charge is 0.295 e. The minimum atomic E-state index is -0.902. The molecule has 3 aromatic carbocycles. The lowest BCUT2D eigenvalue weighted by atomic mass is 9.95. The van der Waals surface area contributed by atoms with Crippen molar-refractivity contribution in [3.63, 3.8) is 0 Å². The van der Waals surface area contributed by atoms with Gasteiger partial charge in [0.15, 0.2) is 0 Å². The number of likely N-dealkylation sites (tertiary alicyclic amines) is 1. The van der Waals surface area contributed by atoms with Crippen LogP contribution in [0.15, 0.2) is 66.2 Å². The average Bonchev–Trinajstić information content (AvgIpc) is 3.22. The molecule has 4 rings (SSSR count). The third kappa shape index (κ3) is 5.58. The number of benzene rings is 3. The number of carbonyl (C=O) groups is 2. The molecule has 1 amide bonds. The van der Waals surface area contributed by atoms with Crippen molar-refractivity contribution in [2.45, 2.75) is 6.04 Å². The van der Waals surface area contributed by atoms with Crippen molar-refractivity contribution in [3.05, 3.63) is 82.4 Å². The van der Waals surface area contributed by atoms with E-state index < -0.39 is 23.5 Å². The third-order valence-electron chi connectivity index (χ3n) is 6.36. The molecule has 1 aliphatic heterocycles. The highest BCUT2D eigenvalue weighted by Gasteiger charge is 2.46. The molecule has 1 heterocycles. The van der Waals surface area contributed by atoms with E-state index >= 15 is 0 Å². The van der Waals surface area contributed by atoms with Gasteiger partial charge in [0.1, 0.15) is 41.1 Å². The first-order chi connectivity index (χ1) is 18.8. The number of hydrogen-bond donors (Lipinski definition) is 1. The van der Waals surface area contributed by atoms with E-state index in [1.54, 1.807) is 55.6 Å². The molecule has 1 aliphatic rings. The Morgan fingerprint density at radius 1 is 0.821 bits per heavy atom. The SMILES string of the molecule is COc1ccc(OCCN2C(=O)C(=O)/C(=C(/O)c3cc(Cl)c(OC)cc3OC)C2c2ccc(OC)cc2)cc1. The van der Waals surface area contributed by atoms with Crippen LogP contribution in [0.25, 0.3) is 5.76 Å². The number of nitrogens with zero attached hydrogens (tertiary/aromatic N) is 1. The monoisotopic (exact) mass is 553 g/mol. The van der Waals surface area contributed by atoms with Gasteiger partial charge in [0.05, 0.1) is 57.2 Å². The van der Waals surface area contributed by atoms with Crippen LogP contribution in [-0.4, -0.2) is 63.3 Å². The fourth-order valence-corrected chi connectivity index (χ4v) is 4.61. The lowest BCUT2D eigenvalue weighted by Gasteiger charge is -2.25. The van der Waals surface area contributed by atoms with Gasteiger partial charge in [0, 0.05) is 6.07 Å². The second-order valence-electron chi connectivity index (χ2n) is 8.48. The maximum absolute atomic E-state index is 13.4. The molecule has 9 nitrogen and oxygen atoms in total. The van der Waals surface area contributed by atoms with Crippen LogP contribution in [0.1, 0.15) is 17.2 Å². The molecular formula is C29H28ClNO8. The molecule has 39 heavy (non-hydrogen) atoms. The van der Waals surface area contributed by atoms with Gasteiger partial charge in [-0.1, -0.05) is 23.7 Å². The topological polar surface area (TPSA) is 104 Å². The predicted octanol–water partition coefficient (Wildman–Crippen LogP) is 4.88. The highest BCUT2D eigenvalue weighted by atomic mass is 35.5. The summed E-state index contributed by atoms with van der Waals surface area (Å²) in [4.78, 5) is 28.0. The molecule has 204 valence electrons. The Balaban J connectivity index is 1.74. The summed E-state index contributed by atoms with van der Waals surface area (Å²) in [6, 6.07) is 15.9. The first kappa shape index (κ1) is 27.7. The molecule has 0 bridgehead atoms. The van der Waals surface area contributed by atoms with Crippen LogP contribution < -0.4 is 23.7 Å². The number of rotatable bonds is 10. The number of halogens is 1. The zero-order valence-electron chi connectivity index (χ0n) is 21.9. The third-order valence-corrected chi connectivity index (χ3v) is 6.66. The summed E-state index contributed by atoms with van der Waals surface area (Å²) in [5, 5.41) is 11.6. The number of aliphatic hydroxyl groups excluding tert-OH is 1. The zero-order valence-corrected chi connectivity index (χ0v) is 22.7. The Kier molecular flexibility index (Phi) is 8.51. The lowest BCUT2D eigenvalue weighted by molar-refractivity contribution is -0.140. The van der Waals surface area contributed by atoms with Crippen LogP contribution in [0.3, 0.4) is 0 Å². The van der Waals surface area contributed by atoms with Crippen molar-refractivity contribution in [2.24, 2.45) is 0 Å². The first-order valence-corrected chi connectivity index (χ1v) is 12.3. The number of carbonyl (C=O) groups excluding carboxylic acids is 2. The van der Waals surface area contributed by atoms with Gasteiger partial charge in [-0.05, 0) is 48.0 Å². The molecule has 1 N–H and O–H groups in total. The van der Waals surface area contributed by atoms with Crippen molar-refractivity contribution in [1.82, 2.24) is 4.90 Å². The molecule has 0 aromatic heterocycles. The fourth-order valence-electron chi connectivity index (χ4n) is 4.37. The normalized spacial score (nSPS) is 16.2. The lowest BCUT2D eigenvalue weighted by Crippen LogP contribution is -2.33. The van der Waals surface area contributed by atoms with E-state index in [1.807, 2.05) is 0 Å². The summed E-state index contributed by atoms with van der Waals surface area (Å²) in [6.45, 7) is 0.175. The Morgan fingerprint density at radius 2 is 1.38 bits per heavy atom. The van der Waals surface area contributed by atoms with Crippen LogP contribution in [0.4, 0.5) is 0 Å². The van der Waals surface area contributed by atoms with Crippen molar-refractivity contribution in [2.75, 3.05) is 41.6 Å². The van der Waals surface area contributed by atoms with Gasteiger partial charge in [-0.25, -0.2) is 0 Å². The molecule has 1 atom stereocenters. The van der Waals surface area contributed by atoms with Gasteiger partial charge in [-0.15, -0.1) is 0 Å². The minimum absolute atomic E-state index is 0.0740. The van der Waals surface area contributed by atoms with Gasteiger partial charge in [0.2, 0.25) is 0 Å². The molecule has 1 saturated heterocycles. The van der Waals surface area contributed by atoms with Crippen molar-refractivity contribution in [3.8, 4) is 28.7 Å². The van der Waals surface area contributed by atoms with E-state index in [0.717, 1.165) is 0 Å². The van der Waals surface area contributed by atoms with Crippen molar-refractivity contribution in [1.29, 1.82) is 0 Å². The van der Waals surface area contributed by atoms with E-state index in [-0.39, 0.29) is 35.1 Å². The second-order valence-corrected chi connectivity index (χ2v) is 8.88. The van der Waals surface area contributed by atoms with E-state index in [2.05, 4.69) is 0 Å². The van der Waals surface area contributed by atoms with Crippen LogP contribution in [0.2, 0.25) is 5.02 Å². The molecule has 0 saturated carbocycles. The standard InChI is InChI=1S/C29H28ClNO8/c1-35-18-7-5-17(6-8-18)26-25(27(32)21-15-22(30)24(38-4)16-23(21)37-3)28(33)29(34)31(26)13-14-39-20-11-9-19(36-2)10-12-20/h5-12,15-16,26,32H,13-14H2,1-4H3/b27-25+. The van der Waals surface area contributed by atoms with E-state index in [1.165, 1.54) is 38.4 Å². The van der Waals surface area contributed by atoms with Gasteiger partial charge in [-0.2, -0.15) is 0 Å². The van der Waals surface area contributed by atoms with Gasteiger partial charge in [-0.3, -0.25) is 9.59 Å². The van der Waals surface area contributed by atoms with Crippen LogP contribution in [0.5, 0.6) is 28.7 Å². The molecule has 0 radical (unpaired) electrons. The maximum Gasteiger partial charge on any atom is 0.295 e. The van der Waals surface area contributed by atoms with Gasteiger partial charge in [0.25, 0.3) is 11.7 Å². The summed E-state index contributed by atoms with van der Waals surface area (Å²) >= 11 is 6.32. The Hall–Kier alpha value is -4.37. The van der Waals surface area contributed by atoms with Crippen LogP contribution >= 0.6 is 11.6 Å². The zero-order chi connectivity index (χ0) is 28.1. The number of methoxy groups -OCH3 is 4. The molecule has 0 spiro atoms. The Morgan fingerprint density at radius 3 is 1.95 bits per heavy atom. The summed E-state index contributed by atoms with van der Waals surface area (Å²) in [6.07, 6.45) is 0. The number of ether oxygens (including phenoxy) is 5. The molecule has 3 aromatic rings. The highest BCUT2D eigenvalue weighted by Crippen LogP contribution is 2.43.